The number of hydrogen-bond acceptors (Lipinski definition) is 6. The van der Waals surface area contributed by atoms with E-state index in [9.17, 15) is 24.3 Å². The molecule has 0 heterocycles. The van der Waals surface area contributed by atoms with E-state index in [1.165, 1.54) is 6.92 Å². The lowest BCUT2D eigenvalue weighted by Crippen LogP contribution is -2.58. The molecule has 4 aliphatic carbocycles. The van der Waals surface area contributed by atoms with E-state index in [1.54, 1.807) is 12.2 Å². The smallest absolute Gasteiger partial charge is 0.302 e. The molecular formula is C25H32O6. The number of rotatable bonds is 5. The number of Topliss-reactive ketones (excluding diaryl/α,β-unsaturated/α-hetero) is 2. The van der Waals surface area contributed by atoms with Crippen molar-refractivity contribution in [1.82, 2.24) is 0 Å². The fourth-order valence-electron chi connectivity index (χ4n) is 7.48. The van der Waals surface area contributed by atoms with Gasteiger partial charge in [0, 0.05) is 37.7 Å². The van der Waals surface area contributed by atoms with Gasteiger partial charge < -0.3 is 9.84 Å². The zero-order chi connectivity index (χ0) is 22.6. The predicted octanol–water partition coefficient (Wildman–Crippen LogP) is 2.97. The van der Waals surface area contributed by atoms with Crippen LogP contribution in [0.4, 0.5) is 0 Å². The minimum Gasteiger partial charge on any atom is -0.465 e. The Kier molecular flexibility index (Phi) is 5.36. The molecule has 0 aliphatic heterocycles. The second kappa shape index (κ2) is 7.51. The van der Waals surface area contributed by atoms with Crippen LogP contribution in [-0.4, -0.2) is 41.6 Å². The maximum Gasteiger partial charge on any atom is 0.302 e. The molecule has 0 bridgehead atoms. The lowest BCUT2D eigenvalue weighted by Gasteiger charge is -2.57. The van der Waals surface area contributed by atoms with Gasteiger partial charge in [-0.25, -0.2) is 0 Å². The fraction of sp³-hybridized carbons (Fsp3) is 0.680. The van der Waals surface area contributed by atoms with Crippen molar-refractivity contribution in [3.05, 3.63) is 23.8 Å². The Hall–Kier alpha value is -2.08. The largest absolute Gasteiger partial charge is 0.465 e. The molecule has 6 atom stereocenters. The molecule has 3 saturated carbocycles. The Bertz CT molecular complexity index is 900. The van der Waals surface area contributed by atoms with Gasteiger partial charge in [-0.05, 0) is 55.1 Å². The Labute approximate surface area is 183 Å². The summed E-state index contributed by atoms with van der Waals surface area (Å²) in [5.41, 5.74) is -0.967. The lowest BCUT2D eigenvalue weighted by molar-refractivity contribution is -0.164. The number of ether oxygens (including phenoxy) is 1. The first-order valence-corrected chi connectivity index (χ1v) is 11.3. The molecule has 0 spiro atoms. The monoisotopic (exact) mass is 428 g/mol. The van der Waals surface area contributed by atoms with Crippen molar-refractivity contribution in [2.75, 3.05) is 13.2 Å². The topological polar surface area (TPSA) is 97.7 Å². The first-order valence-electron chi connectivity index (χ1n) is 11.3. The van der Waals surface area contributed by atoms with Crippen molar-refractivity contribution in [3.8, 4) is 0 Å². The van der Waals surface area contributed by atoms with Crippen LogP contribution in [0.2, 0.25) is 0 Å². The minimum absolute atomic E-state index is 0.00130. The lowest BCUT2D eigenvalue weighted by atomic mass is 9.45. The normalized spacial score (nSPS) is 41.2. The summed E-state index contributed by atoms with van der Waals surface area (Å²) >= 11 is 0. The average Bonchev–Trinajstić information content (AvgIpc) is 2.99. The number of ketones is 3. The summed E-state index contributed by atoms with van der Waals surface area (Å²) in [5.74, 6) is -0.382. The number of fused-ring (bicyclic) bond motifs is 5. The summed E-state index contributed by atoms with van der Waals surface area (Å²) in [6.07, 6.45) is 8.39. The molecule has 0 amide bonds. The molecule has 4 rings (SSSR count). The van der Waals surface area contributed by atoms with Gasteiger partial charge in [-0.3, -0.25) is 19.2 Å². The zero-order valence-electron chi connectivity index (χ0n) is 18.6. The predicted molar refractivity (Wildman–Crippen MR) is 113 cm³/mol. The molecule has 0 aromatic heterocycles. The first kappa shape index (κ1) is 22.1. The molecule has 3 fully saturated rings. The summed E-state index contributed by atoms with van der Waals surface area (Å²) in [6.45, 7) is 5.12. The molecule has 0 unspecified atom stereocenters. The van der Waals surface area contributed by atoms with Gasteiger partial charge in [-0.15, -0.1) is 0 Å². The third kappa shape index (κ3) is 3.09. The van der Waals surface area contributed by atoms with E-state index in [0.717, 1.165) is 24.8 Å². The highest BCUT2D eigenvalue weighted by atomic mass is 16.5. The molecule has 0 saturated heterocycles. The van der Waals surface area contributed by atoms with Gasteiger partial charge in [0.25, 0.3) is 0 Å². The number of hydrogen-bond donors (Lipinski definition) is 1. The van der Waals surface area contributed by atoms with E-state index in [1.807, 2.05) is 13.0 Å². The van der Waals surface area contributed by atoms with Gasteiger partial charge in [-0.1, -0.05) is 25.5 Å². The number of esters is 1. The molecule has 0 aromatic rings. The summed E-state index contributed by atoms with van der Waals surface area (Å²) in [4.78, 5) is 50.6. The number of carbonyl (C=O) groups excluding carboxylic acids is 4. The third-order valence-corrected chi connectivity index (χ3v) is 9.02. The van der Waals surface area contributed by atoms with Crippen LogP contribution in [0, 0.1) is 34.0 Å². The molecule has 1 N–H and O–H groups in total. The van der Waals surface area contributed by atoms with Crippen LogP contribution in [0.3, 0.4) is 0 Å². The Morgan fingerprint density at radius 2 is 1.97 bits per heavy atom. The summed E-state index contributed by atoms with van der Waals surface area (Å²) in [7, 11) is 0. The standard InChI is InChI=1S/C25H32O6/c1-15(27)31-14-25(21(30)8-11-26)10-7-19-18-5-4-16-12-17(28)6-9-23(16,2)22(18)20(29)13-24(19,25)3/h6,9,12,18-19,22,26H,4-5,7-8,10-11,13-14H2,1-3H3/t18-,19-,22+,23-,24-,25-/m0/s1. The number of allylic oxidation sites excluding steroid dienone is 4. The SMILES string of the molecule is CC(=O)OC[C@]1(C(=O)CCO)CC[C@H]2[C@@H]3CCC4=CC(=O)C=C[C@]4(C)[C@H]3C(=O)C[C@@]21C. The van der Waals surface area contributed by atoms with Gasteiger partial charge in [0.15, 0.2) is 5.78 Å². The van der Waals surface area contributed by atoms with Crippen LogP contribution in [0.1, 0.15) is 59.3 Å². The van der Waals surface area contributed by atoms with E-state index in [0.29, 0.717) is 6.42 Å². The average molecular weight is 429 g/mol. The molecule has 168 valence electrons. The van der Waals surface area contributed by atoms with E-state index in [2.05, 4.69) is 6.92 Å². The highest BCUT2D eigenvalue weighted by Crippen LogP contribution is 2.69. The molecule has 0 radical (unpaired) electrons. The van der Waals surface area contributed by atoms with Crippen molar-refractivity contribution >= 4 is 23.3 Å². The summed E-state index contributed by atoms with van der Waals surface area (Å²) in [5, 5.41) is 9.46. The van der Waals surface area contributed by atoms with Gasteiger partial charge in [-0.2, -0.15) is 0 Å². The van der Waals surface area contributed by atoms with Gasteiger partial charge in [0.05, 0.1) is 5.41 Å². The van der Waals surface area contributed by atoms with Gasteiger partial charge in [0.2, 0.25) is 0 Å². The summed E-state index contributed by atoms with van der Waals surface area (Å²) < 4.78 is 5.39. The van der Waals surface area contributed by atoms with Crippen molar-refractivity contribution in [1.29, 1.82) is 0 Å². The Balaban J connectivity index is 1.74. The van der Waals surface area contributed by atoms with E-state index < -0.39 is 22.2 Å². The highest BCUT2D eigenvalue weighted by molar-refractivity contribution is 6.02. The van der Waals surface area contributed by atoms with E-state index in [4.69, 9.17) is 4.74 Å². The second-order valence-electron chi connectivity index (χ2n) is 10.3. The molecule has 0 aromatic carbocycles. The molecule has 6 heteroatoms. The van der Waals surface area contributed by atoms with Gasteiger partial charge >= 0.3 is 5.97 Å². The molecule has 6 nitrogen and oxygen atoms in total. The quantitative estimate of drug-likeness (QED) is 0.676. The van der Waals surface area contributed by atoms with Gasteiger partial charge in [0.1, 0.15) is 18.2 Å². The Morgan fingerprint density at radius 1 is 1.23 bits per heavy atom. The maximum atomic E-state index is 13.7. The van der Waals surface area contributed by atoms with Crippen molar-refractivity contribution < 1.29 is 29.0 Å². The second-order valence-corrected chi connectivity index (χ2v) is 10.3. The fourth-order valence-corrected chi connectivity index (χ4v) is 7.48. The molecule has 4 aliphatic rings. The number of aliphatic hydroxyl groups is 1. The third-order valence-electron chi connectivity index (χ3n) is 9.02. The minimum atomic E-state index is -0.942. The van der Waals surface area contributed by atoms with Crippen LogP contribution in [0.25, 0.3) is 0 Å². The number of carbonyl (C=O) groups is 4. The summed E-state index contributed by atoms with van der Waals surface area (Å²) in [6, 6.07) is 0. The van der Waals surface area contributed by atoms with Crippen molar-refractivity contribution in [3.63, 3.8) is 0 Å². The van der Waals surface area contributed by atoms with Crippen molar-refractivity contribution in [2.24, 2.45) is 34.0 Å². The zero-order valence-corrected chi connectivity index (χ0v) is 18.6. The van der Waals surface area contributed by atoms with Crippen LogP contribution in [-0.2, 0) is 23.9 Å². The van der Waals surface area contributed by atoms with Crippen molar-refractivity contribution in [2.45, 2.75) is 59.3 Å². The van der Waals surface area contributed by atoms with Crippen LogP contribution in [0.15, 0.2) is 23.8 Å². The Morgan fingerprint density at radius 3 is 2.65 bits per heavy atom. The molecule has 31 heavy (non-hydrogen) atoms. The maximum absolute atomic E-state index is 13.7. The number of aliphatic hydroxyl groups excluding tert-OH is 1. The molecular weight excluding hydrogens is 396 g/mol. The van der Waals surface area contributed by atoms with Crippen LogP contribution < -0.4 is 0 Å². The van der Waals surface area contributed by atoms with E-state index in [-0.39, 0.29) is 61.2 Å². The van der Waals surface area contributed by atoms with E-state index >= 15 is 0 Å². The van der Waals surface area contributed by atoms with Crippen LogP contribution in [0.5, 0.6) is 0 Å². The first-order chi connectivity index (χ1) is 14.6. The van der Waals surface area contributed by atoms with Crippen LogP contribution >= 0.6 is 0 Å². The highest BCUT2D eigenvalue weighted by Gasteiger charge is 2.68.